The van der Waals surface area contributed by atoms with Gasteiger partial charge < -0.3 is 10.2 Å². The lowest BCUT2D eigenvalue weighted by molar-refractivity contribution is -0.343. The normalized spacial score (nSPS) is 33.0. The molecule has 0 aromatic rings. The Hall–Kier alpha value is -1.20. The van der Waals surface area contributed by atoms with Crippen LogP contribution in [0.15, 0.2) is 12.2 Å². The zero-order chi connectivity index (χ0) is 19.8. The van der Waals surface area contributed by atoms with E-state index in [9.17, 15) is 31.4 Å². The van der Waals surface area contributed by atoms with Crippen LogP contribution >= 0.6 is 0 Å². The quantitative estimate of drug-likeness (QED) is 0.548. The topological polar surface area (TPSA) is 40.5 Å². The lowest BCUT2D eigenvalue weighted by atomic mass is 9.64. The Bertz CT molecular complexity index is 584. The van der Waals surface area contributed by atoms with Crippen LogP contribution < -0.4 is 0 Å². The second kappa shape index (κ2) is 7.08. The van der Waals surface area contributed by atoms with Crippen LogP contribution in [0, 0.1) is 29.1 Å². The average Bonchev–Trinajstić information content (AvgIpc) is 2.82. The van der Waals surface area contributed by atoms with Crippen LogP contribution in [0.2, 0.25) is 0 Å². The lowest BCUT2D eigenvalue weighted by Crippen LogP contribution is -2.55. The van der Waals surface area contributed by atoms with Crippen molar-refractivity contribution >= 4 is 0 Å². The number of alkyl halides is 6. The molecule has 0 aromatic heterocycles. The second-order valence-corrected chi connectivity index (χ2v) is 7.46. The van der Waals surface area contributed by atoms with Gasteiger partial charge in [-0.15, -0.1) is 0 Å². The molecule has 2 aliphatic carbocycles. The SMILES string of the molecule is C[C@]12CCC[C@H](O)[C@@H]1CC[C@@H]2C/C=C/C#CC(O)(C(F)(F)F)C(F)(F)F. The van der Waals surface area contributed by atoms with E-state index in [1.54, 1.807) is 5.92 Å². The Balaban J connectivity index is 2.05. The fourth-order valence-corrected chi connectivity index (χ4v) is 4.38. The number of rotatable bonds is 2. The largest absolute Gasteiger partial charge is 0.438 e. The first-order valence-electron chi connectivity index (χ1n) is 8.54. The molecule has 2 N–H and O–H groups in total. The molecule has 0 aromatic carbocycles. The summed E-state index contributed by atoms with van der Waals surface area (Å²) in [6, 6.07) is 0. The van der Waals surface area contributed by atoms with E-state index in [1.807, 2.05) is 0 Å². The molecule has 2 aliphatic rings. The van der Waals surface area contributed by atoms with Crippen molar-refractivity contribution < 1.29 is 36.6 Å². The minimum absolute atomic E-state index is 0.0753. The Morgan fingerprint density at radius 3 is 2.27 bits per heavy atom. The first-order valence-corrected chi connectivity index (χ1v) is 8.54. The number of aliphatic hydroxyl groups excluding tert-OH is 1. The van der Waals surface area contributed by atoms with Crippen molar-refractivity contribution in [3.05, 3.63) is 12.2 Å². The van der Waals surface area contributed by atoms with E-state index < -0.39 is 18.0 Å². The van der Waals surface area contributed by atoms with E-state index in [4.69, 9.17) is 5.11 Å². The maximum absolute atomic E-state index is 12.5. The highest BCUT2D eigenvalue weighted by Gasteiger charge is 2.70. The predicted molar refractivity (Wildman–Crippen MR) is 82.8 cm³/mol. The molecular formula is C18H22F6O2. The standard InChI is InChI=1S/C18H22F6O2/c1-15-10-5-7-14(25)13(15)9-8-12(15)6-3-2-4-11-16(26,17(19,20)21)18(22,23)24/h2-3,12-14,25-26H,5-10H2,1H3/b3-2+/t12-,13-,14-,15+/m0/s1. The van der Waals surface area contributed by atoms with Gasteiger partial charge in [-0.05, 0) is 61.4 Å². The highest BCUT2D eigenvalue weighted by molar-refractivity contribution is 5.26. The zero-order valence-corrected chi connectivity index (χ0v) is 14.3. The smallest absolute Gasteiger partial charge is 0.393 e. The van der Waals surface area contributed by atoms with Crippen molar-refractivity contribution in [2.24, 2.45) is 17.3 Å². The highest BCUT2D eigenvalue weighted by atomic mass is 19.4. The summed E-state index contributed by atoms with van der Waals surface area (Å²) in [6.07, 6.45) is -5.05. The molecule has 2 saturated carbocycles. The molecule has 2 nitrogen and oxygen atoms in total. The van der Waals surface area contributed by atoms with E-state index in [2.05, 4.69) is 6.92 Å². The van der Waals surface area contributed by atoms with Crippen molar-refractivity contribution in [3.63, 3.8) is 0 Å². The summed E-state index contributed by atoms with van der Waals surface area (Å²) < 4.78 is 75.0. The van der Waals surface area contributed by atoms with Crippen molar-refractivity contribution in [2.75, 3.05) is 0 Å². The molecule has 8 heteroatoms. The second-order valence-electron chi connectivity index (χ2n) is 7.46. The van der Waals surface area contributed by atoms with E-state index in [1.165, 1.54) is 6.08 Å². The molecule has 26 heavy (non-hydrogen) atoms. The third kappa shape index (κ3) is 3.74. The third-order valence-corrected chi connectivity index (χ3v) is 5.98. The predicted octanol–water partition coefficient (Wildman–Crippen LogP) is 4.37. The summed E-state index contributed by atoms with van der Waals surface area (Å²) in [5, 5.41) is 19.1. The summed E-state index contributed by atoms with van der Waals surface area (Å²) in [5.74, 6) is 2.97. The van der Waals surface area contributed by atoms with Gasteiger partial charge in [-0.25, -0.2) is 0 Å². The number of hydrogen-bond acceptors (Lipinski definition) is 2. The third-order valence-electron chi connectivity index (χ3n) is 5.98. The van der Waals surface area contributed by atoms with Gasteiger partial charge in [0.1, 0.15) is 0 Å². The Kier molecular flexibility index (Phi) is 5.75. The molecule has 0 unspecified atom stereocenters. The van der Waals surface area contributed by atoms with Crippen LogP contribution in [0.4, 0.5) is 26.3 Å². The van der Waals surface area contributed by atoms with Gasteiger partial charge in [0.15, 0.2) is 0 Å². The van der Waals surface area contributed by atoms with Crippen LogP contribution in [0.1, 0.15) is 45.4 Å². The highest BCUT2D eigenvalue weighted by Crippen LogP contribution is 2.56. The molecule has 0 saturated heterocycles. The molecule has 4 atom stereocenters. The number of allylic oxidation sites excluding steroid dienone is 2. The van der Waals surface area contributed by atoms with E-state index in [-0.39, 0.29) is 23.4 Å². The fourth-order valence-electron chi connectivity index (χ4n) is 4.38. The first kappa shape index (κ1) is 21.1. The van der Waals surface area contributed by atoms with Crippen molar-refractivity contribution in [2.45, 2.75) is 69.5 Å². The molecule has 2 fully saturated rings. The van der Waals surface area contributed by atoms with Gasteiger partial charge in [0, 0.05) is 0 Å². The van der Waals surface area contributed by atoms with Gasteiger partial charge in [-0.2, -0.15) is 26.3 Å². The first-order chi connectivity index (χ1) is 11.8. The van der Waals surface area contributed by atoms with Crippen molar-refractivity contribution in [3.8, 4) is 11.8 Å². The van der Waals surface area contributed by atoms with Gasteiger partial charge in [0.25, 0.3) is 0 Å². The van der Waals surface area contributed by atoms with Gasteiger partial charge in [-0.1, -0.05) is 25.3 Å². The number of hydrogen-bond donors (Lipinski definition) is 2. The molecular weight excluding hydrogens is 362 g/mol. The van der Waals surface area contributed by atoms with Crippen molar-refractivity contribution in [1.82, 2.24) is 0 Å². The van der Waals surface area contributed by atoms with E-state index >= 15 is 0 Å². The molecule has 0 aliphatic heterocycles. The Morgan fingerprint density at radius 2 is 1.69 bits per heavy atom. The minimum atomic E-state index is -5.93. The summed E-state index contributed by atoms with van der Waals surface area (Å²) in [4.78, 5) is 0. The maximum atomic E-state index is 12.5. The molecule has 0 bridgehead atoms. The van der Waals surface area contributed by atoms with Crippen LogP contribution in [0.5, 0.6) is 0 Å². The minimum Gasteiger partial charge on any atom is -0.393 e. The van der Waals surface area contributed by atoms with Gasteiger partial charge in [0.05, 0.1) is 6.10 Å². The van der Waals surface area contributed by atoms with Crippen LogP contribution in [-0.4, -0.2) is 34.3 Å². The number of halogens is 6. The lowest BCUT2D eigenvalue weighted by Gasteiger charge is -2.43. The summed E-state index contributed by atoms with van der Waals surface area (Å²) in [7, 11) is 0. The average molecular weight is 384 g/mol. The van der Waals surface area contributed by atoms with Crippen LogP contribution in [0.3, 0.4) is 0 Å². The van der Waals surface area contributed by atoms with Gasteiger partial charge in [-0.3, -0.25) is 0 Å². The Labute approximate surface area is 148 Å². The summed E-state index contributed by atoms with van der Waals surface area (Å²) >= 11 is 0. The van der Waals surface area contributed by atoms with Crippen LogP contribution in [0.25, 0.3) is 0 Å². The zero-order valence-electron chi connectivity index (χ0n) is 14.3. The molecule has 0 amide bonds. The monoisotopic (exact) mass is 384 g/mol. The van der Waals surface area contributed by atoms with Gasteiger partial charge in [0.2, 0.25) is 0 Å². The maximum Gasteiger partial charge on any atom is 0.438 e. The summed E-state index contributed by atoms with van der Waals surface area (Å²) in [5.41, 5.74) is -5.11. The van der Waals surface area contributed by atoms with Crippen molar-refractivity contribution in [1.29, 1.82) is 0 Å². The fraction of sp³-hybridized carbons (Fsp3) is 0.778. The summed E-state index contributed by atoms with van der Waals surface area (Å²) in [6.45, 7) is 2.09. The molecule has 2 rings (SSSR count). The molecule has 0 heterocycles. The van der Waals surface area contributed by atoms with Gasteiger partial charge >= 0.3 is 18.0 Å². The Morgan fingerprint density at radius 1 is 1.08 bits per heavy atom. The van der Waals surface area contributed by atoms with E-state index in [0.717, 1.165) is 44.1 Å². The number of aliphatic hydroxyl groups is 2. The molecule has 148 valence electrons. The van der Waals surface area contributed by atoms with E-state index in [0.29, 0.717) is 6.42 Å². The molecule has 0 radical (unpaired) electrons. The molecule has 0 spiro atoms. The van der Waals surface area contributed by atoms with Crippen LogP contribution in [-0.2, 0) is 0 Å². The number of fused-ring (bicyclic) bond motifs is 1.